The molecule has 22 heavy (non-hydrogen) atoms. The van der Waals surface area contributed by atoms with Crippen LogP contribution in [0.3, 0.4) is 0 Å². The molecular formula is C15H22N2O4S. The third-order valence-corrected chi connectivity index (χ3v) is 4.94. The van der Waals surface area contributed by atoms with E-state index in [1.54, 1.807) is 0 Å². The first-order valence-corrected chi connectivity index (χ1v) is 8.95. The van der Waals surface area contributed by atoms with Gasteiger partial charge in [0, 0.05) is 6.42 Å². The van der Waals surface area contributed by atoms with E-state index in [2.05, 4.69) is 5.32 Å². The van der Waals surface area contributed by atoms with Crippen LogP contribution >= 0.6 is 0 Å². The number of ether oxygens (including phenoxy) is 1. The molecule has 6 nitrogen and oxygen atoms in total. The Labute approximate surface area is 131 Å². The number of anilines is 1. The summed E-state index contributed by atoms with van der Waals surface area (Å²) in [5.74, 6) is 0.891. The summed E-state index contributed by atoms with van der Waals surface area (Å²) in [6.07, 6.45) is 6.17. The van der Waals surface area contributed by atoms with Crippen LogP contribution in [-0.4, -0.2) is 21.4 Å². The fourth-order valence-corrected chi connectivity index (χ4v) is 3.35. The van der Waals surface area contributed by atoms with E-state index >= 15 is 0 Å². The molecule has 2 rings (SSSR count). The van der Waals surface area contributed by atoms with Crippen molar-refractivity contribution < 1.29 is 17.9 Å². The van der Waals surface area contributed by atoms with Crippen molar-refractivity contribution in [3.8, 4) is 5.75 Å². The second-order valence-corrected chi connectivity index (χ2v) is 7.21. The number of hydrogen-bond donors (Lipinski definition) is 2. The molecular weight excluding hydrogens is 304 g/mol. The van der Waals surface area contributed by atoms with Crippen molar-refractivity contribution in [1.82, 2.24) is 0 Å². The maximum atomic E-state index is 12.1. The largest absolute Gasteiger partial charge is 0.495 e. The highest BCUT2D eigenvalue weighted by Gasteiger charge is 2.17. The average molecular weight is 326 g/mol. The number of nitrogens with one attached hydrogen (secondary N) is 1. The first-order valence-electron chi connectivity index (χ1n) is 7.41. The Balaban J connectivity index is 2.04. The van der Waals surface area contributed by atoms with Crippen molar-refractivity contribution in [3.63, 3.8) is 0 Å². The molecule has 3 N–H and O–H groups in total. The van der Waals surface area contributed by atoms with Crippen molar-refractivity contribution in [1.29, 1.82) is 0 Å². The lowest BCUT2D eigenvalue weighted by Gasteiger charge is -2.13. The molecule has 122 valence electrons. The number of rotatable bonds is 6. The molecule has 0 bridgehead atoms. The molecule has 0 atom stereocenters. The average Bonchev–Trinajstić information content (AvgIpc) is 2.97. The molecule has 0 unspecified atom stereocenters. The molecule has 0 aromatic heterocycles. The second-order valence-electron chi connectivity index (χ2n) is 5.64. The smallest absolute Gasteiger partial charge is 0.238 e. The van der Waals surface area contributed by atoms with E-state index in [0.29, 0.717) is 23.8 Å². The van der Waals surface area contributed by atoms with Gasteiger partial charge in [-0.1, -0.05) is 25.7 Å². The minimum Gasteiger partial charge on any atom is -0.495 e. The van der Waals surface area contributed by atoms with E-state index in [0.717, 1.165) is 6.42 Å². The molecule has 1 amide bonds. The first-order chi connectivity index (χ1) is 10.4. The van der Waals surface area contributed by atoms with Gasteiger partial charge in [0.15, 0.2) is 0 Å². The van der Waals surface area contributed by atoms with E-state index in [1.807, 2.05) is 0 Å². The Morgan fingerprint density at radius 3 is 2.64 bits per heavy atom. The Kier molecular flexibility index (Phi) is 5.42. The lowest BCUT2D eigenvalue weighted by Crippen LogP contribution is -2.16. The highest BCUT2D eigenvalue weighted by molar-refractivity contribution is 7.89. The molecule has 0 radical (unpaired) electrons. The maximum absolute atomic E-state index is 12.1. The van der Waals surface area contributed by atoms with E-state index in [1.165, 1.54) is 51.0 Å². The normalized spacial score (nSPS) is 15.7. The number of primary sulfonamides is 1. The zero-order chi connectivity index (χ0) is 16.2. The minimum atomic E-state index is -3.82. The number of amides is 1. The van der Waals surface area contributed by atoms with E-state index in [9.17, 15) is 13.2 Å². The van der Waals surface area contributed by atoms with Gasteiger partial charge < -0.3 is 10.1 Å². The van der Waals surface area contributed by atoms with E-state index < -0.39 is 10.0 Å². The van der Waals surface area contributed by atoms with Gasteiger partial charge in [0.1, 0.15) is 5.75 Å². The lowest BCUT2D eigenvalue weighted by molar-refractivity contribution is -0.116. The van der Waals surface area contributed by atoms with Gasteiger partial charge in [-0.15, -0.1) is 0 Å². The van der Waals surface area contributed by atoms with Crippen LogP contribution < -0.4 is 15.2 Å². The Bertz CT molecular complexity index is 637. The molecule has 0 heterocycles. The van der Waals surface area contributed by atoms with Crippen molar-refractivity contribution in [2.75, 3.05) is 12.4 Å². The molecule has 1 aliphatic carbocycles. The fourth-order valence-electron chi connectivity index (χ4n) is 2.81. The predicted octanol–water partition coefficient (Wildman–Crippen LogP) is 2.25. The molecule has 0 aliphatic heterocycles. The van der Waals surface area contributed by atoms with Crippen molar-refractivity contribution >= 4 is 21.6 Å². The summed E-state index contributed by atoms with van der Waals surface area (Å²) in [6.45, 7) is 0. The SMILES string of the molecule is COc1ccc(S(N)(=O)=O)cc1NC(=O)CCC1CCCC1. The van der Waals surface area contributed by atoms with Crippen LogP contribution in [0.4, 0.5) is 5.69 Å². The fraction of sp³-hybridized carbons (Fsp3) is 0.533. The van der Waals surface area contributed by atoms with E-state index in [4.69, 9.17) is 9.88 Å². The summed E-state index contributed by atoms with van der Waals surface area (Å²) in [5, 5.41) is 7.82. The molecule has 1 fully saturated rings. The van der Waals surface area contributed by atoms with Crippen LogP contribution in [0.2, 0.25) is 0 Å². The van der Waals surface area contributed by atoms with Crippen LogP contribution in [0.5, 0.6) is 5.75 Å². The van der Waals surface area contributed by atoms with Crippen LogP contribution in [-0.2, 0) is 14.8 Å². The predicted molar refractivity (Wildman–Crippen MR) is 84.2 cm³/mol. The lowest BCUT2D eigenvalue weighted by atomic mass is 10.0. The van der Waals surface area contributed by atoms with Gasteiger partial charge in [-0.25, -0.2) is 13.6 Å². The summed E-state index contributed by atoms with van der Waals surface area (Å²) in [4.78, 5) is 12.0. The zero-order valence-corrected chi connectivity index (χ0v) is 13.5. The number of carbonyl (C=O) groups excluding carboxylic acids is 1. The Morgan fingerprint density at radius 2 is 2.05 bits per heavy atom. The summed E-state index contributed by atoms with van der Waals surface area (Å²) < 4.78 is 27.9. The van der Waals surface area contributed by atoms with Crippen molar-refractivity contribution in [2.45, 2.75) is 43.4 Å². The van der Waals surface area contributed by atoms with Crippen LogP contribution in [0, 0.1) is 5.92 Å². The standard InChI is InChI=1S/C15H22N2O4S/c1-21-14-8-7-12(22(16,19)20)10-13(14)17-15(18)9-6-11-4-2-3-5-11/h7-8,10-11H,2-6,9H2,1H3,(H,17,18)(H2,16,19,20). The number of benzene rings is 1. The van der Waals surface area contributed by atoms with Gasteiger partial charge in [-0.3, -0.25) is 4.79 Å². The Morgan fingerprint density at radius 1 is 1.36 bits per heavy atom. The summed E-state index contributed by atoms with van der Waals surface area (Å²) in [5.41, 5.74) is 0.324. The monoisotopic (exact) mass is 326 g/mol. The Hall–Kier alpha value is -1.60. The molecule has 1 aromatic rings. The van der Waals surface area contributed by atoms with Gasteiger partial charge in [0.2, 0.25) is 15.9 Å². The highest BCUT2D eigenvalue weighted by Crippen LogP contribution is 2.30. The molecule has 0 saturated heterocycles. The third-order valence-electron chi connectivity index (χ3n) is 4.03. The van der Waals surface area contributed by atoms with Gasteiger partial charge in [-0.2, -0.15) is 0 Å². The van der Waals surface area contributed by atoms with Crippen molar-refractivity contribution in [3.05, 3.63) is 18.2 Å². The third kappa shape index (κ3) is 4.45. The number of sulfonamides is 1. The van der Waals surface area contributed by atoms with Gasteiger partial charge in [-0.05, 0) is 30.5 Å². The topological polar surface area (TPSA) is 98.5 Å². The quantitative estimate of drug-likeness (QED) is 0.837. The first kappa shape index (κ1) is 16.8. The summed E-state index contributed by atoms with van der Waals surface area (Å²) in [7, 11) is -2.36. The van der Waals surface area contributed by atoms with Gasteiger partial charge in [0.25, 0.3) is 0 Å². The molecule has 0 spiro atoms. The molecule has 7 heteroatoms. The number of methoxy groups -OCH3 is 1. The maximum Gasteiger partial charge on any atom is 0.238 e. The second kappa shape index (κ2) is 7.11. The molecule has 1 saturated carbocycles. The van der Waals surface area contributed by atoms with Crippen LogP contribution in [0.25, 0.3) is 0 Å². The minimum absolute atomic E-state index is 0.0561. The van der Waals surface area contributed by atoms with Crippen LogP contribution in [0.1, 0.15) is 38.5 Å². The van der Waals surface area contributed by atoms with Crippen LogP contribution in [0.15, 0.2) is 23.1 Å². The van der Waals surface area contributed by atoms with Crippen molar-refractivity contribution in [2.24, 2.45) is 11.1 Å². The summed E-state index contributed by atoms with van der Waals surface area (Å²) >= 11 is 0. The number of carbonyl (C=O) groups is 1. The number of nitrogens with two attached hydrogens (primary N) is 1. The molecule has 1 aliphatic rings. The van der Waals surface area contributed by atoms with Gasteiger partial charge in [0.05, 0.1) is 17.7 Å². The van der Waals surface area contributed by atoms with Gasteiger partial charge >= 0.3 is 0 Å². The summed E-state index contributed by atoms with van der Waals surface area (Å²) in [6, 6.07) is 4.15. The number of hydrogen-bond acceptors (Lipinski definition) is 4. The zero-order valence-electron chi connectivity index (χ0n) is 12.7. The molecule has 1 aromatic carbocycles. The van der Waals surface area contributed by atoms with E-state index in [-0.39, 0.29) is 10.8 Å². The highest BCUT2D eigenvalue weighted by atomic mass is 32.2.